The van der Waals surface area contributed by atoms with Crippen molar-refractivity contribution >= 4 is 23.4 Å². The molecule has 6 nitrogen and oxygen atoms in total. The standard InChI is InChI=1S/C11H12N2O4/c1-2-16-11(15)12-7-3-4-9-8(5-7)13-10(14)6-17-9/h3-5H,2,6H2,1H3,(H,12,15)(H,13,14). The summed E-state index contributed by atoms with van der Waals surface area (Å²) in [5, 5.41) is 5.19. The van der Waals surface area contributed by atoms with E-state index in [1.165, 1.54) is 0 Å². The van der Waals surface area contributed by atoms with Gasteiger partial charge in [0.25, 0.3) is 5.91 Å². The highest BCUT2D eigenvalue weighted by atomic mass is 16.5. The van der Waals surface area contributed by atoms with Gasteiger partial charge >= 0.3 is 6.09 Å². The van der Waals surface area contributed by atoms with Gasteiger partial charge in [-0.05, 0) is 25.1 Å². The lowest BCUT2D eigenvalue weighted by atomic mass is 10.2. The molecular formula is C11H12N2O4. The third kappa shape index (κ3) is 2.66. The predicted octanol–water partition coefficient (Wildman–Crippen LogP) is 1.59. The van der Waals surface area contributed by atoms with Gasteiger partial charge in [0.1, 0.15) is 5.75 Å². The number of benzene rings is 1. The smallest absolute Gasteiger partial charge is 0.411 e. The number of carbonyl (C=O) groups is 2. The van der Waals surface area contributed by atoms with Crippen molar-refractivity contribution in [3.05, 3.63) is 18.2 Å². The Balaban J connectivity index is 2.13. The molecule has 0 radical (unpaired) electrons. The zero-order valence-corrected chi connectivity index (χ0v) is 9.28. The fourth-order valence-corrected chi connectivity index (χ4v) is 1.45. The van der Waals surface area contributed by atoms with E-state index in [0.717, 1.165) is 0 Å². The first-order chi connectivity index (χ1) is 8.19. The zero-order chi connectivity index (χ0) is 12.3. The highest BCUT2D eigenvalue weighted by Gasteiger charge is 2.16. The maximum absolute atomic E-state index is 11.2. The Hall–Kier alpha value is -2.24. The van der Waals surface area contributed by atoms with Crippen LogP contribution in [-0.4, -0.2) is 25.2 Å². The van der Waals surface area contributed by atoms with Crippen LogP contribution in [0.5, 0.6) is 5.75 Å². The highest BCUT2D eigenvalue weighted by Crippen LogP contribution is 2.30. The minimum absolute atomic E-state index is 0.0116. The van der Waals surface area contributed by atoms with Crippen molar-refractivity contribution in [1.82, 2.24) is 0 Å². The second kappa shape index (κ2) is 4.73. The Morgan fingerprint density at radius 3 is 3.18 bits per heavy atom. The number of carbonyl (C=O) groups excluding carboxylic acids is 2. The predicted molar refractivity (Wildman–Crippen MR) is 61.2 cm³/mol. The summed E-state index contributed by atoms with van der Waals surface area (Å²) in [5.74, 6) is 0.366. The van der Waals surface area contributed by atoms with E-state index in [9.17, 15) is 9.59 Å². The van der Waals surface area contributed by atoms with Crippen molar-refractivity contribution in [2.75, 3.05) is 23.8 Å². The van der Waals surface area contributed by atoms with Gasteiger partial charge in [-0.25, -0.2) is 4.79 Å². The third-order valence-corrected chi connectivity index (χ3v) is 2.13. The lowest BCUT2D eigenvalue weighted by molar-refractivity contribution is -0.118. The van der Waals surface area contributed by atoms with E-state index in [4.69, 9.17) is 9.47 Å². The van der Waals surface area contributed by atoms with Crippen molar-refractivity contribution in [2.24, 2.45) is 0 Å². The summed E-state index contributed by atoms with van der Waals surface area (Å²) in [6, 6.07) is 4.97. The van der Waals surface area contributed by atoms with E-state index >= 15 is 0 Å². The maximum Gasteiger partial charge on any atom is 0.411 e. The first-order valence-corrected chi connectivity index (χ1v) is 5.19. The van der Waals surface area contributed by atoms with Gasteiger partial charge in [-0.2, -0.15) is 0 Å². The molecular weight excluding hydrogens is 224 g/mol. The number of nitrogens with one attached hydrogen (secondary N) is 2. The third-order valence-electron chi connectivity index (χ3n) is 2.13. The number of ether oxygens (including phenoxy) is 2. The molecule has 0 aliphatic carbocycles. The van der Waals surface area contributed by atoms with Gasteiger partial charge in [-0.3, -0.25) is 10.1 Å². The number of hydrogen-bond donors (Lipinski definition) is 2. The molecule has 0 spiro atoms. The van der Waals surface area contributed by atoms with E-state index in [-0.39, 0.29) is 12.5 Å². The van der Waals surface area contributed by atoms with Crippen LogP contribution in [0.1, 0.15) is 6.92 Å². The van der Waals surface area contributed by atoms with E-state index < -0.39 is 6.09 Å². The minimum Gasteiger partial charge on any atom is -0.482 e. The number of anilines is 2. The topological polar surface area (TPSA) is 76.7 Å². The van der Waals surface area contributed by atoms with Crippen LogP contribution in [0.25, 0.3) is 0 Å². The van der Waals surface area contributed by atoms with Gasteiger partial charge in [0.2, 0.25) is 0 Å². The largest absolute Gasteiger partial charge is 0.482 e. The quantitative estimate of drug-likeness (QED) is 0.817. The maximum atomic E-state index is 11.2. The van der Waals surface area contributed by atoms with Gasteiger partial charge < -0.3 is 14.8 Å². The van der Waals surface area contributed by atoms with Crippen molar-refractivity contribution in [3.8, 4) is 5.75 Å². The van der Waals surface area contributed by atoms with Gasteiger partial charge in [0.05, 0.1) is 12.3 Å². The highest BCUT2D eigenvalue weighted by molar-refractivity contribution is 5.96. The van der Waals surface area contributed by atoms with Crippen molar-refractivity contribution in [2.45, 2.75) is 6.92 Å². The normalized spacial score (nSPS) is 13.1. The molecule has 17 heavy (non-hydrogen) atoms. The summed E-state index contributed by atoms with van der Waals surface area (Å²) in [6.07, 6.45) is -0.532. The van der Waals surface area contributed by atoms with E-state index in [1.54, 1.807) is 25.1 Å². The first-order valence-electron chi connectivity index (χ1n) is 5.19. The Kier molecular flexibility index (Phi) is 3.13. The van der Waals surface area contributed by atoms with Crippen molar-refractivity contribution in [3.63, 3.8) is 0 Å². The SMILES string of the molecule is CCOC(=O)Nc1ccc2c(c1)NC(=O)CO2. The molecule has 1 heterocycles. The molecule has 1 aromatic rings. The summed E-state index contributed by atoms with van der Waals surface area (Å²) in [7, 11) is 0. The lowest BCUT2D eigenvalue weighted by Gasteiger charge is -2.18. The summed E-state index contributed by atoms with van der Waals surface area (Å²) in [4.78, 5) is 22.3. The number of fused-ring (bicyclic) bond motifs is 1. The molecule has 0 saturated carbocycles. The molecule has 0 atom stereocenters. The number of rotatable bonds is 2. The Bertz CT molecular complexity index is 459. The minimum atomic E-state index is -0.532. The van der Waals surface area contributed by atoms with E-state index in [1.807, 2.05) is 0 Å². The average Bonchev–Trinajstić information content (AvgIpc) is 2.28. The summed E-state index contributed by atoms with van der Waals surface area (Å²) in [5.41, 5.74) is 1.07. The molecule has 0 saturated heterocycles. The van der Waals surface area contributed by atoms with Crippen LogP contribution in [-0.2, 0) is 9.53 Å². The molecule has 90 valence electrons. The number of hydrogen-bond acceptors (Lipinski definition) is 4. The van der Waals surface area contributed by atoms with Gasteiger partial charge in [-0.1, -0.05) is 0 Å². The van der Waals surface area contributed by atoms with Gasteiger partial charge in [-0.15, -0.1) is 0 Å². The zero-order valence-electron chi connectivity index (χ0n) is 9.28. The first kappa shape index (κ1) is 11.3. The molecule has 0 fully saturated rings. The molecule has 6 heteroatoms. The van der Waals surface area contributed by atoms with Crippen LogP contribution >= 0.6 is 0 Å². The molecule has 1 aliphatic rings. The van der Waals surface area contributed by atoms with Gasteiger partial charge in [0, 0.05) is 5.69 Å². The van der Waals surface area contributed by atoms with Crippen molar-refractivity contribution in [1.29, 1.82) is 0 Å². The molecule has 2 amide bonds. The fourth-order valence-electron chi connectivity index (χ4n) is 1.45. The average molecular weight is 236 g/mol. The summed E-state index contributed by atoms with van der Waals surface area (Å²) < 4.78 is 9.93. The van der Waals surface area contributed by atoms with Crippen LogP contribution in [0.3, 0.4) is 0 Å². The van der Waals surface area contributed by atoms with Crippen LogP contribution in [0, 0.1) is 0 Å². The van der Waals surface area contributed by atoms with Crippen LogP contribution in [0.15, 0.2) is 18.2 Å². The summed E-state index contributed by atoms with van der Waals surface area (Å²) >= 11 is 0. The Morgan fingerprint density at radius 1 is 1.59 bits per heavy atom. The van der Waals surface area contributed by atoms with E-state index in [2.05, 4.69) is 10.6 Å². The van der Waals surface area contributed by atoms with Crippen LogP contribution in [0.2, 0.25) is 0 Å². The molecule has 0 aromatic heterocycles. The van der Waals surface area contributed by atoms with Crippen LogP contribution in [0.4, 0.5) is 16.2 Å². The number of amides is 2. The monoisotopic (exact) mass is 236 g/mol. The lowest BCUT2D eigenvalue weighted by Crippen LogP contribution is -2.25. The van der Waals surface area contributed by atoms with Crippen molar-refractivity contribution < 1.29 is 19.1 Å². The second-order valence-electron chi connectivity index (χ2n) is 3.39. The van der Waals surface area contributed by atoms with Crippen LogP contribution < -0.4 is 15.4 Å². The molecule has 0 bridgehead atoms. The molecule has 1 aromatic carbocycles. The van der Waals surface area contributed by atoms with E-state index in [0.29, 0.717) is 23.7 Å². The Morgan fingerprint density at radius 2 is 2.41 bits per heavy atom. The van der Waals surface area contributed by atoms with Gasteiger partial charge in [0.15, 0.2) is 6.61 Å². The Labute approximate surface area is 97.9 Å². The molecule has 1 aliphatic heterocycles. The molecule has 2 N–H and O–H groups in total. The molecule has 2 rings (SSSR count). The summed E-state index contributed by atoms with van der Waals surface area (Å²) in [6.45, 7) is 2.04. The molecule has 0 unspecified atom stereocenters. The fraction of sp³-hybridized carbons (Fsp3) is 0.273. The second-order valence-corrected chi connectivity index (χ2v) is 3.39.